The Balaban J connectivity index is 4.12. The molecule has 0 rings (SSSR count). The van der Waals surface area contributed by atoms with Gasteiger partial charge >= 0.3 is 5.97 Å². The molecule has 0 aromatic rings. The molecule has 2 N–H and O–H groups in total. The van der Waals surface area contributed by atoms with Gasteiger partial charge in [0.05, 0.1) is 12.5 Å². The fourth-order valence-corrected chi connectivity index (χ4v) is 1.40. The van der Waals surface area contributed by atoms with Crippen LogP contribution >= 0.6 is 0 Å². The van der Waals surface area contributed by atoms with E-state index in [9.17, 15) is 9.59 Å². The third-order valence-electron chi connectivity index (χ3n) is 2.79. The van der Waals surface area contributed by atoms with Crippen molar-refractivity contribution in [3.63, 3.8) is 0 Å². The van der Waals surface area contributed by atoms with Crippen molar-refractivity contribution >= 4 is 11.9 Å². The van der Waals surface area contributed by atoms with Crippen LogP contribution in [0.5, 0.6) is 0 Å². The number of carboxylic acids is 1. The van der Waals surface area contributed by atoms with Gasteiger partial charge in [-0.25, -0.2) is 0 Å². The molecule has 0 spiro atoms. The highest BCUT2D eigenvalue weighted by molar-refractivity contribution is 5.78. The first-order valence-electron chi connectivity index (χ1n) is 6.15. The van der Waals surface area contributed by atoms with Crippen LogP contribution in [0.2, 0.25) is 0 Å². The maximum atomic E-state index is 11.6. The Kier molecular flexibility index (Phi) is 7.54. The SMILES string of the molecule is CCC(C)NC(=O)CN(CC)CC(C)C(=O)O. The van der Waals surface area contributed by atoms with Gasteiger partial charge in [-0.2, -0.15) is 0 Å². The van der Waals surface area contributed by atoms with Gasteiger partial charge in [0.1, 0.15) is 0 Å². The standard InChI is InChI=1S/C12H24N2O3/c1-5-10(4)13-11(15)8-14(6-2)7-9(3)12(16)17/h9-10H,5-8H2,1-4H3,(H,13,15)(H,16,17). The number of hydrogen-bond donors (Lipinski definition) is 2. The summed E-state index contributed by atoms with van der Waals surface area (Å²) in [7, 11) is 0. The third kappa shape index (κ3) is 6.94. The number of nitrogens with one attached hydrogen (secondary N) is 1. The van der Waals surface area contributed by atoms with Crippen LogP contribution in [0, 0.1) is 5.92 Å². The minimum Gasteiger partial charge on any atom is -0.481 e. The molecule has 2 unspecified atom stereocenters. The molecule has 0 heterocycles. The van der Waals surface area contributed by atoms with Crippen LogP contribution in [-0.4, -0.2) is 47.6 Å². The van der Waals surface area contributed by atoms with Crippen molar-refractivity contribution in [3.05, 3.63) is 0 Å². The van der Waals surface area contributed by atoms with Gasteiger partial charge in [0.2, 0.25) is 5.91 Å². The van der Waals surface area contributed by atoms with Crippen molar-refractivity contribution in [2.24, 2.45) is 5.92 Å². The van der Waals surface area contributed by atoms with E-state index in [2.05, 4.69) is 5.32 Å². The summed E-state index contributed by atoms with van der Waals surface area (Å²) in [5.41, 5.74) is 0. The maximum Gasteiger partial charge on any atom is 0.307 e. The van der Waals surface area contributed by atoms with Crippen LogP contribution in [0.25, 0.3) is 0 Å². The molecule has 0 aliphatic rings. The van der Waals surface area contributed by atoms with Crippen molar-refractivity contribution in [2.75, 3.05) is 19.6 Å². The Morgan fingerprint density at radius 2 is 1.88 bits per heavy atom. The lowest BCUT2D eigenvalue weighted by molar-refractivity contribution is -0.142. The average molecular weight is 244 g/mol. The minimum absolute atomic E-state index is 0.0428. The number of amides is 1. The summed E-state index contributed by atoms with van der Waals surface area (Å²) in [4.78, 5) is 24.2. The summed E-state index contributed by atoms with van der Waals surface area (Å²) in [5, 5.41) is 11.7. The summed E-state index contributed by atoms with van der Waals surface area (Å²) in [6, 6.07) is 0.165. The molecule has 1 amide bonds. The van der Waals surface area contributed by atoms with E-state index >= 15 is 0 Å². The number of aliphatic carboxylic acids is 1. The fourth-order valence-electron chi connectivity index (χ4n) is 1.40. The second kappa shape index (κ2) is 8.06. The maximum absolute atomic E-state index is 11.6. The van der Waals surface area contributed by atoms with E-state index in [1.54, 1.807) is 6.92 Å². The van der Waals surface area contributed by atoms with Gasteiger partial charge in [0, 0.05) is 12.6 Å². The highest BCUT2D eigenvalue weighted by atomic mass is 16.4. The van der Waals surface area contributed by atoms with Gasteiger partial charge in [-0.3, -0.25) is 14.5 Å². The van der Waals surface area contributed by atoms with Crippen molar-refractivity contribution in [2.45, 2.75) is 40.2 Å². The smallest absolute Gasteiger partial charge is 0.307 e. The largest absolute Gasteiger partial charge is 0.481 e. The minimum atomic E-state index is -0.828. The molecule has 17 heavy (non-hydrogen) atoms. The predicted molar refractivity (Wildman–Crippen MR) is 66.8 cm³/mol. The number of rotatable bonds is 8. The number of carbonyl (C=O) groups is 2. The topological polar surface area (TPSA) is 69.6 Å². The van der Waals surface area contributed by atoms with Crippen molar-refractivity contribution < 1.29 is 14.7 Å². The van der Waals surface area contributed by atoms with Crippen LogP contribution in [0.15, 0.2) is 0 Å². The van der Waals surface area contributed by atoms with Crippen LogP contribution in [-0.2, 0) is 9.59 Å². The first kappa shape index (κ1) is 15.9. The van der Waals surface area contributed by atoms with E-state index < -0.39 is 11.9 Å². The van der Waals surface area contributed by atoms with E-state index in [1.165, 1.54) is 0 Å². The Bertz CT molecular complexity index is 256. The van der Waals surface area contributed by atoms with Crippen LogP contribution in [0.3, 0.4) is 0 Å². The normalized spacial score (nSPS) is 14.4. The average Bonchev–Trinajstić information content (AvgIpc) is 2.27. The van der Waals surface area contributed by atoms with Gasteiger partial charge in [0.15, 0.2) is 0 Å². The molecule has 0 saturated heterocycles. The first-order valence-corrected chi connectivity index (χ1v) is 6.15. The number of carboxylic acid groups (broad SMARTS) is 1. The Morgan fingerprint density at radius 1 is 1.29 bits per heavy atom. The molecule has 2 atom stereocenters. The molecule has 0 bridgehead atoms. The lowest BCUT2D eigenvalue weighted by Gasteiger charge is -2.22. The number of hydrogen-bond acceptors (Lipinski definition) is 3. The van der Waals surface area contributed by atoms with Crippen molar-refractivity contribution in [3.8, 4) is 0 Å². The summed E-state index contributed by atoms with van der Waals surface area (Å²) >= 11 is 0. The van der Waals surface area contributed by atoms with Crippen LogP contribution < -0.4 is 5.32 Å². The van der Waals surface area contributed by atoms with E-state index in [-0.39, 0.29) is 18.5 Å². The first-order chi connectivity index (χ1) is 7.90. The molecule has 0 aliphatic heterocycles. The highest BCUT2D eigenvalue weighted by Crippen LogP contribution is 2.00. The third-order valence-corrected chi connectivity index (χ3v) is 2.79. The summed E-state index contributed by atoms with van der Waals surface area (Å²) in [6.07, 6.45) is 0.892. The monoisotopic (exact) mass is 244 g/mol. The molecule has 5 nitrogen and oxygen atoms in total. The van der Waals surface area contributed by atoms with E-state index in [0.717, 1.165) is 6.42 Å². The van der Waals surface area contributed by atoms with E-state index in [4.69, 9.17) is 5.11 Å². The van der Waals surface area contributed by atoms with E-state index in [1.807, 2.05) is 25.7 Å². The van der Waals surface area contributed by atoms with Crippen molar-refractivity contribution in [1.29, 1.82) is 0 Å². The number of likely N-dealkylation sites (N-methyl/N-ethyl adjacent to an activating group) is 1. The second-order valence-electron chi connectivity index (χ2n) is 4.44. The zero-order valence-corrected chi connectivity index (χ0v) is 11.2. The molecule has 0 radical (unpaired) electrons. The summed E-state index contributed by atoms with van der Waals surface area (Å²) in [5.74, 6) is -1.32. The van der Waals surface area contributed by atoms with Crippen LogP contribution in [0.1, 0.15) is 34.1 Å². The van der Waals surface area contributed by atoms with Crippen LogP contribution in [0.4, 0.5) is 0 Å². The zero-order valence-electron chi connectivity index (χ0n) is 11.2. The zero-order chi connectivity index (χ0) is 13.4. The fraction of sp³-hybridized carbons (Fsp3) is 0.833. The predicted octanol–water partition coefficient (Wildman–Crippen LogP) is 0.944. The lowest BCUT2D eigenvalue weighted by Crippen LogP contribution is -2.42. The summed E-state index contributed by atoms with van der Waals surface area (Å²) in [6.45, 7) is 8.87. The highest BCUT2D eigenvalue weighted by Gasteiger charge is 2.17. The molecule has 0 saturated carbocycles. The second-order valence-corrected chi connectivity index (χ2v) is 4.44. The number of carbonyl (C=O) groups excluding carboxylic acids is 1. The molecule has 100 valence electrons. The van der Waals surface area contributed by atoms with Gasteiger partial charge in [-0.15, -0.1) is 0 Å². The molecular weight excluding hydrogens is 220 g/mol. The molecule has 5 heteroatoms. The van der Waals surface area contributed by atoms with Gasteiger partial charge in [0.25, 0.3) is 0 Å². The Labute approximate surface area is 103 Å². The van der Waals surface area contributed by atoms with E-state index in [0.29, 0.717) is 13.1 Å². The van der Waals surface area contributed by atoms with Gasteiger partial charge < -0.3 is 10.4 Å². The van der Waals surface area contributed by atoms with Crippen molar-refractivity contribution in [1.82, 2.24) is 10.2 Å². The molecule has 0 aliphatic carbocycles. The quantitative estimate of drug-likeness (QED) is 0.667. The molecular formula is C12H24N2O3. The molecule has 0 aromatic carbocycles. The van der Waals surface area contributed by atoms with Gasteiger partial charge in [-0.05, 0) is 19.9 Å². The Hall–Kier alpha value is -1.10. The Morgan fingerprint density at radius 3 is 2.29 bits per heavy atom. The lowest BCUT2D eigenvalue weighted by atomic mass is 10.1. The molecule has 0 fully saturated rings. The number of nitrogens with zero attached hydrogens (tertiary/aromatic N) is 1. The van der Waals surface area contributed by atoms with Gasteiger partial charge in [-0.1, -0.05) is 20.8 Å². The summed E-state index contributed by atoms with van der Waals surface area (Å²) < 4.78 is 0. The molecule has 0 aromatic heterocycles.